The minimum Gasteiger partial charge on any atom is -0.368 e. The summed E-state index contributed by atoms with van der Waals surface area (Å²) in [5.74, 6) is -1.50. The van der Waals surface area contributed by atoms with Gasteiger partial charge in [0.15, 0.2) is 0 Å². The molecule has 0 atom stereocenters. The maximum absolute atomic E-state index is 12.4. The van der Waals surface area contributed by atoms with Crippen LogP contribution < -0.4 is 16.8 Å². The van der Waals surface area contributed by atoms with Gasteiger partial charge < -0.3 is 16.8 Å². The van der Waals surface area contributed by atoms with E-state index in [1.54, 1.807) is 0 Å². The predicted molar refractivity (Wildman–Crippen MR) is 90.2 cm³/mol. The Labute approximate surface area is 140 Å². The molecule has 0 bridgehead atoms. The first kappa shape index (κ1) is 17.8. The second-order valence-corrected chi connectivity index (χ2v) is 5.91. The lowest BCUT2D eigenvalue weighted by Crippen LogP contribution is -2.49. The van der Waals surface area contributed by atoms with Crippen molar-refractivity contribution in [3.8, 4) is 0 Å². The number of hydrogen-bond acceptors (Lipinski definition) is 4. The smallest absolute Gasteiger partial charge is 0.266 e. The van der Waals surface area contributed by atoms with Crippen molar-refractivity contribution in [2.75, 3.05) is 6.54 Å². The number of nitrogens with one attached hydrogen (secondary N) is 1. The number of carbonyl (C=O) groups is 3. The maximum Gasteiger partial charge on any atom is 0.266 e. The van der Waals surface area contributed by atoms with Crippen molar-refractivity contribution in [3.05, 3.63) is 35.9 Å². The average molecular weight is 330 g/mol. The Balaban J connectivity index is 2.07. The van der Waals surface area contributed by atoms with Crippen molar-refractivity contribution in [1.82, 2.24) is 5.32 Å². The van der Waals surface area contributed by atoms with Crippen LogP contribution in [0, 0.1) is 0 Å². The van der Waals surface area contributed by atoms with Gasteiger partial charge in [0.2, 0.25) is 5.91 Å². The molecule has 128 valence electrons. The van der Waals surface area contributed by atoms with E-state index in [0.29, 0.717) is 25.8 Å². The summed E-state index contributed by atoms with van der Waals surface area (Å²) in [5.41, 5.74) is 10.7. The summed E-state index contributed by atoms with van der Waals surface area (Å²) in [5, 5.41) is 2.61. The standard InChI is InChI=1S/C17H22N4O3/c18-10-4-7-13(15(23)21-17(8-9-17)16(19)24)20-14(22)11-12-5-2-1-3-6-12/h1-3,5-6H,4,7-11,18H2,(H2,19,24)(H,21,23)/b20-13+. The topological polar surface area (TPSA) is 128 Å². The number of benzene rings is 1. The highest BCUT2D eigenvalue weighted by molar-refractivity contribution is 6.41. The molecule has 0 unspecified atom stereocenters. The highest BCUT2D eigenvalue weighted by Crippen LogP contribution is 2.34. The Bertz CT molecular complexity index is 651. The molecule has 0 spiro atoms. The van der Waals surface area contributed by atoms with E-state index in [9.17, 15) is 14.4 Å². The summed E-state index contributed by atoms with van der Waals surface area (Å²) in [6.45, 7) is 0.375. The Hall–Kier alpha value is -2.54. The first-order valence-electron chi connectivity index (χ1n) is 7.93. The summed E-state index contributed by atoms with van der Waals surface area (Å²) in [6, 6.07) is 9.16. The maximum atomic E-state index is 12.4. The predicted octanol–water partition coefficient (Wildman–Crippen LogP) is 0.0697. The first-order chi connectivity index (χ1) is 11.5. The molecule has 5 N–H and O–H groups in total. The molecule has 24 heavy (non-hydrogen) atoms. The van der Waals surface area contributed by atoms with Crippen LogP contribution in [0.25, 0.3) is 0 Å². The van der Waals surface area contributed by atoms with Gasteiger partial charge in [-0.15, -0.1) is 0 Å². The molecule has 1 aliphatic rings. The SMILES string of the molecule is NCCC/C(=N\C(=O)Cc1ccccc1)C(=O)NC1(C(N)=O)CC1. The molecular weight excluding hydrogens is 308 g/mol. The van der Waals surface area contributed by atoms with E-state index >= 15 is 0 Å². The van der Waals surface area contributed by atoms with Gasteiger partial charge in [-0.1, -0.05) is 30.3 Å². The van der Waals surface area contributed by atoms with Crippen LogP contribution in [0.3, 0.4) is 0 Å². The monoisotopic (exact) mass is 330 g/mol. The van der Waals surface area contributed by atoms with E-state index in [4.69, 9.17) is 11.5 Å². The number of nitrogens with two attached hydrogens (primary N) is 2. The van der Waals surface area contributed by atoms with Gasteiger partial charge in [0, 0.05) is 0 Å². The molecule has 1 saturated carbocycles. The Morgan fingerprint density at radius 2 is 1.83 bits per heavy atom. The average Bonchev–Trinajstić information content (AvgIpc) is 3.33. The largest absolute Gasteiger partial charge is 0.368 e. The van der Waals surface area contributed by atoms with E-state index in [0.717, 1.165) is 5.56 Å². The lowest BCUT2D eigenvalue weighted by molar-refractivity contribution is -0.125. The molecule has 7 heteroatoms. The molecule has 1 aromatic rings. The van der Waals surface area contributed by atoms with Gasteiger partial charge in [-0.2, -0.15) is 0 Å². The van der Waals surface area contributed by atoms with Crippen molar-refractivity contribution in [2.24, 2.45) is 16.5 Å². The van der Waals surface area contributed by atoms with Crippen LogP contribution in [0.2, 0.25) is 0 Å². The fourth-order valence-electron chi connectivity index (χ4n) is 2.30. The second kappa shape index (κ2) is 7.83. The Morgan fingerprint density at radius 3 is 2.38 bits per heavy atom. The third-order valence-corrected chi connectivity index (χ3v) is 3.91. The van der Waals surface area contributed by atoms with Crippen LogP contribution in [0.4, 0.5) is 0 Å². The number of nitrogens with zero attached hydrogens (tertiary/aromatic N) is 1. The molecule has 1 fully saturated rings. The lowest BCUT2D eigenvalue weighted by Gasteiger charge is -2.14. The van der Waals surface area contributed by atoms with Crippen molar-refractivity contribution >= 4 is 23.4 Å². The van der Waals surface area contributed by atoms with Crippen molar-refractivity contribution in [1.29, 1.82) is 0 Å². The van der Waals surface area contributed by atoms with E-state index in [-0.39, 0.29) is 18.6 Å². The molecule has 1 aromatic carbocycles. The van der Waals surface area contributed by atoms with Gasteiger partial charge >= 0.3 is 0 Å². The normalized spacial score (nSPS) is 15.6. The number of hydrogen-bond donors (Lipinski definition) is 3. The molecule has 1 aliphatic carbocycles. The number of rotatable bonds is 8. The van der Waals surface area contributed by atoms with Gasteiger partial charge in [0.1, 0.15) is 11.3 Å². The molecule has 0 aliphatic heterocycles. The zero-order chi connectivity index (χ0) is 17.6. The van der Waals surface area contributed by atoms with Gasteiger partial charge in [-0.3, -0.25) is 14.4 Å². The number of aliphatic imine (C=N–C) groups is 1. The summed E-state index contributed by atoms with van der Waals surface area (Å²) in [6.07, 6.45) is 1.93. The van der Waals surface area contributed by atoms with Crippen LogP contribution in [0.15, 0.2) is 35.3 Å². The van der Waals surface area contributed by atoms with Crippen LogP contribution in [0.5, 0.6) is 0 Å². The first-order valence-corrected chi connectivity index (χ1v) is 7.93. The molecular formula is C17H22N4O3. The third-order valence-electron chi connectivity index (χ3n) is 3.91. The molecule has 3 amide bonds. The fraction of sp³-hybridized carbons (Fsp3) is 0.412. The van der Waals surface area contributed by atoms with Gasteiger partial charge in [-0.25, -0.2) is 4.99 Å². The van der Waals surface area contributed by atoms with Crippen LogP contribution in [0.1, 0.15) is 31.2 Å². The Kier molecular flexibility index (Phi) is 5.81. The van der Waals surface area contributed by atoms with E-state index in [1.807, 2.05) is 30.3 Å². The summed E-state index contributed by atoms with van der Waals surface area (Å²) in [4.78, 5) is 39.8. The number of carbonyl (C=O) groups excluding carboxylic acids is 3. The van der Waals surface area contributed by atoms with Crippen molar-refractivity contribution in [3.63, 3.8) is 0 Å². The minimum atomic E-state index is -0.983. The van der Waals surface area contributed by atoms with E-state index in [1.165, 1.54) is 0 Å². The van der Waals surface area contributed by atoms with Crippen molar-refractivity contribution < 1.29 is 14.4 Å². The highest BCUT2D eigenvalue weighted by Gasteiger charge is 2.50. The minimum absolute atomic E-state index is 0.0916. The van der Waals surface area contributed by atoms with Crippen LogP contribution in [-0.4, -0.2) is 35.5 Å². The number of amides is 3. The quantitative estimate of drug-likeness (QED) is 0.583. The van der Waals surface area contributed by atoms with Crippen molar-refractivity contribution in [2.45, 2.75) is 37.6 Å². The molecule has 2 rings (SSSR count). The van der Waals surface area contributed by atoms with Gasteiger partial charge in [0.25, 0.3) is 11.8 Å². The molecule has 0 radical (unpaired) electrons. The van der Waals surface area contributed by atoms with E-state index in [2.05, 4.69) is 10.3 Å². The molecule has 0 aromatic heterocycles. The highest BCUT2D eigenvalue weighted by atomic mass is 16.2. The van der Waals surface area contributed by atoms with E-state index < -0.39 is 23.3 Å². The van der Waals surface area contributed by atoms with Crippen LogP contribution in [-0.2, 0) is 20.8 Å². The lowest BCUT2D eigenvalue weighted by atomic mass is 10.1. The summed E-state index contributed by atoms with van der Waals surface area (Å²) in [7, 11) is 0. The fourth-order valence-corrected chi connectivity index (χ4v) is 2.30. The Morgan fingerprint density at radius 1 is 1.17 bits per heavy atom. The zero-order valence-corrected chi connectivity index (χ0v) is 13.5. The molecule has 0 saturated heterocycles. The third kappa shape index (κ3) is 4.73. The summed E-state index contributed by atoms with van der Waals surface area (Å²) < 4.78 is 0. The molecule has 0 heterocycles. The van der Waals surface area contributed by atoms with Gasteiger partial charge in [0.05, 0.1) is 6.42 Å². The van der Waals surface area contributed by atoms with Crippen LogP contribution >= 0.6 is 0 Å². The summed E-state index contributed by atoms with van der Waals surface area (Å²) >= 11 is 0. The molecule has 7 nitrogen and oxygen atoms in total. The number of primary amides is 1. The van der Waals surface area contributed by atoms with Gasteiger partial charge in [-0.05, 0) is 37.8 Å². The second-order valence-electron chi connectivity index (χ2n) is 5.91. The zero-order valence-electron chi connectivity index (χ0n) is 13.5.